The van der Waals surface area contributed by atoms with Crippen molar-refractivity contribution < 1.29 is 17.6 Å². The maximum atomic E-state index is 13.2. The van der Waals surface area contributed by atoms with E-state index in [0.717, 1.165) is 42.9 Å². The van der Waals surface area contributed by atoms with Crippen LogP contribution in [0.2, 0.25) is 0 Å². The minimum atomic E-state index is -3.71. The Kier molecular flexibility index (Phi) is 6.97. The lowest BCUT2D eigenvalue weighted by molar-refractivity contribution is -0.121. The first-order valence-corrected chi connectivity index (χ1v) is 12.0. The Morgan fingerprint density at radius 3 is 2.60 bits per heavy atom. The second-order valence-corrected chi connectivity index (χ2v) is 9.43. The molecule has 0 spiro atoms. The lowest BCUT2D eigenvalue weighted by Crippen LogP contribution is -2.48. The lowest BCUT2D eigenvalue weighted by Gasteiger charge is -2.31. The number of nitrogens with one attached hydrogen (secondary N) is 1. The highest BCUT2D eigenvalue weighted by atomic mass is 32.2. The molecule has 0 saturated carbocycles. The van der Waals surface area contributed by atoms with Gasteiger partial charge in [0.2, 0.25) is 15.9 Å². The molecular weight excluding hydrogens is 405 g/mol. The van der Waals surface area contributed by atoms with E-state index in [1.165, 1.54) is 42.4 Å². The van der Waals surface area contributed by atoms with Crippen LogP contribution in [0.5, 0.6) is 0 Å². The molecule has 1 N–H and O–H groups in total. The second-order valence-electron chi connectivity index (χ2n) is 7.58. The molecule has 3 rings (SSSR count). The van der Waals surface area contributed by atoms with Crippen molar-refractivity contribution in [3.8, 4) is 0 Å². The largest absolute Gasteiger partial charge is 0.371 e. The number of hydrogen-bond donors (Lipinski definition) is 1. The number of carbonyl (C=O) groups excluding carboxylic acids is 1. The van der Waals surface area contributed by atoms with Crippen LogP contribution >= 0.6 is 0 Å². The lowest BCUT2D eigenvalue weighted by atomic mass is 10.0. The minimum Gasteiger partial charge on any atom is -0.371 e. The van der Waals surface area contributed by atoms with Gasteiger partial charge < -0.3 is 10.2 Å². The van der Waals surface area contributed by atoms with Gasteiger partial charge in [-0.3, -0.25) is 9.10 Å². The Hall–Kier alpha value is -2.61. The van der Waals surface area contributed by atoms with Crippen molar-refractivity contribution in [3.05, 3.63) is 59.9 Å². The number of para-hydroxylation sites is 1. The molecule has 2 aromatic rings. The summed E-state index contributed by atoms with van der Waals surface area (Å²) in [5, 5.41) is 2.83. The molecule has 30 heavy (non-hydrogen) atoms. The molecule has 0 aliphatic carbocycles. The smallest absolute Gasteiger partial charge is 0.243 e. The Labute approximate surface area is 177 Å². The Balaban J connectivity index is 1.57. The maximum absolute atomic E-state index is 13.2. The number of carbonyl (C=O) groups is 1. The Morgan fingerprint density at radius 1 is 1.20 bits per heavy atom. The predicted octanol–water partition coefficient (Wildman–Crippen LogP) is 2.94. The Morgan fingerprint density at radius 2 is 1.90 bits per heavy atom. The zero-order chi connectivity index (χ0) is 21.7. The van der Waals surface area contributed by atoms with Gasteiger partial charge in [-0.2, -0.15) is 0 Å². The van der Waals surface area contributed by atoms with Gasteiger partial charge in [0.25, 0.3) is 0 Å². The fourth-order valence-electron chi connectivity index (χ4n) is 3.87. The summed E-state index contributed by atoms with van der Waals surface area (Å²) in [6.45, 7) is 3.79. The number of amides is 1. The summed E-state index contributed by atoms with van der Waals surface area (Å²) in [7, 11) is -3.71. The average Bonchev–Trinajstić information content (AvgIpc) is 2.71. The SMILES string of the molecule is C[C@H](C(=O)NCCCN1CCCc2ccccc21)N(c1ccc(F)cc1)S(C)(=O)=O. The van der Waals surface area contributed by atoms with Crippen LogP contribution in [0.25, 0.3) is 0 Å². The van der Waals surface area contributed by atoms with E-state index < -0.39 is 21.9 Å². The van der Waals surface area contributed by atoms with Crippen LogP contribution in [0.3, 0.4) is 0 Å². The summed E-state index contributed by atoms with van der Waals surface area (Å²) < 4.78 is 38.7. The van der Waals surface area contributed by atoms with Crippen LogP contribution in [0.4, 0.5) is 15.8 Å². The first kappa shape index (κ1) is 22.1. The summed E-state index contributed by atoms with van der Waals surface area (Å²) in [5.41, 5.74) is 2.86. The summed E-state index contributed by atoms with van der Waals surface area (Å²) in [4.78, 5) is 14.9. The van der Waals surface area contributed by atoms with Gasteiger partial charge in [0, 0.05) is 25.3 Å². The monoisotopic (exact) mass is 433 g/mol. The molecule has 0 fully saturated rings. The van der Waals surface area contributed by atoms with Crippen molar-refractivity contribution >= 4 is 27.3 Å². The fourth-order valence-corrected chi connectivity index (χ4v) is 5.04. The van der Waals surface area contributed by atoms with Crippen LogP contribution in [-0.4, -0.2) is 46.3 Å². The minimum absolute atomic E-state index is 0.256. The number of nitrogens with zero attached hydrogens (tertiary/aromatic N) is 2. The zero-order valence-electron chi connectivity index (χ0n) is 17.3. The van der Waals surface area contributed by atoms with Gasteiger partial charge in [-0.25, -0.2) is 12.8 Å². The van der Waals surface area contributed by atoms with Crippen LogP contribution in [0.1, 0.15) is 25.3 Å². The number of rotatable bonds is 8. The van der Waals surface area contributed by atoms with Crippen LogP contribution in [-0.2, 0) is 21.2 Å². The molecule has 0 saturated heterocycles. The molecule has 1 aliphatic heterocycles. The third-order valence-corrected chi connectivity index (χ3v) is 6.52. The van der Waals surface area contributed by atoms with Gasteiger partial charge in [-0.15, -0.1) is 0 Å². The number of sulfonamides is 1. The number of benzene rings is 2. The first-order valence-electron chi connectivity index (χ1n) is 10.1. The highest BCUT2D eigenvalue weighted by Gasteiger charge is 2.29. The van der Waals surface area contributed by atoms with Crippen molar-refractivity contribution in [1.29, 1.82) is 0 Å². The van der Waals surface area contributed by atoms with Crippen molar-refractivity contribution in [2.75, 3.05) is 35.1 Å². The van der Waals surface area contributed by atoms with E-state index in [4.69, 9.17) is 0 Å². The van der Waals surface area contributed by atoms with Gasteiger partial charge in [0.05, 0.1) is 11.9 Å². The normalized spacial score (nSPS) is 14.7. The van der Waals surface area contributed by atoms with Crippen molar-refractivity contribution in [3.63, 3.8) is 0 Å². The molecule has 2 aromatic carbocycles. The maximum Gasteiger partial charge on any atom is 0.243 e. The molecule has 1 atom stereocenters. The summed E-state index contributed by atoms with van der Waals surface area (Å²) >= 11 is 0. The molecule has 1 aliphatic rings. The van der Waals surface area contributed by atoms with Gasteiger partial charge in [0.1, 0.15) is 11.9 Å². The van der Waals surface area contributed by atoms with Crippen molar-refractivity contribution in [2.24, 2.45) is 0 Å². The van der Waals surface area contributed by atoms with Crippen LogP contribution in [0, 0.1) is 5.82 Å². The van der Waals surface area contributed by atoms with E-state index in [0.29, 0.717) is 6.54 Å². The second kappa shape index (κ2) is 9.47. The summed E-state index contributed by atoms with van der Waals surface area (Å²) in [6, 6.07) is 12.5. The third-order valence-electron chi connectivity index (χ3n) is 5.28. The third kappa shape index (κ3) is 5.30. The number of aryl methyl sites for hydroxylation is 1. The van der Waals surface area contributed by atoms with Gasteiger partial charge in [0.15, 0.2) is 0 Å². The molecule has 1 amide bonds. The Bertz CT molecular complexity index is 979. The molecular formula is C22H28FN3O3S. The zero-order valence-corrected chi connectivity index (χ0v) is 18.2. The highest BCUT2D eigenvalue weighted by molar-refractivity contribution is 7.92. The van der Waals surface area contributed by atoms with Crippen LogP contribution < -0.4 is 14.5 Å². The van der Waals surface area contributed by atoms with E-state index >= 15 is 0 Å². The molecule has 8 heteroatoms. The average molecular weight is 434 g/mol. The summed E-state index contributed by atoms with van der Waals surface area (Å²) in [5.74, 6) is -0.854. The van der Waals surface area contributed by atoms with Crippen molar-refractivity contribution in [1.82, 2.24) is 5.32 Å². The topological polar surface area (TPSA) is 69.7 Å². The van der Waals surface area contributed by atoms with Crippen molar-refractivity contribution in [2.45, 2.75) is 32.2 Å². The van der Waals surface area contributed by atoms with Gasteiger partial charge >= 0.3 is 0 Å². The quantitative estimate of drug-likeness (QED) is 0.650. The molecule has 0 radical (unpaired) electrons. The molecule has 0 unspecified atom stereocenters. The standard InChI is InChI=1S/C22H28FN3O3S/c1-17(26(30(2,28)29)20-12-10-19(23)11-13-20)22(27)24-14-6-16-25-15-5-8-18-7-3-4-9-21(18)25/h3-4,7,9-13,17H,5-6,8,14-16H2,1-2H3,(H,24,27)/t17-/m1/s1. The molecule has 0 bridgehead atoms. The predicted molar refractivity (Wildman–Crippen MR) is 118 cm³/mol. The number of fused-ring (bicyclic) bond motifs is 1. The molecule has 162 valence electrons. The van der Waals surface area contributed by atoms with E-state index in [1.807, 2.05) is 6.07 Å². The fraction of sp³-hybridized carbons (Fsp3) is 0.409. The van der Waals surface area contributed by atoms with E-state index in [-0.39, 0.29) is 11.6 Å². The molecule has 0 aromatic heterocycles. The number of hydrogen-bond acceptors (Lipinski definition) is 4. The highest BCUT2D eigenvalue weighted by Crippen LogP contribution is 2.26. The number of anilines is 2. The van der Waals surface area contributed by atoms with Crippen LogP contribution in [0.15, 0.2) is 48.5 Å². The van der Waals surface area contributed by atoms with Gasteiger partial charge in [-0.1, -0.05) is 18.2 Å². The van der Waals surface area contributed by atoms with E-state index in [1.54, 1.807) is 0 Å². The summed E-state index contributed by atoms with van der Waals surface area (Å²) in [6.07, 6.45) is 3.99. The van der Waals surface area contributed by atoms with Gasteiger partial charge in [-0.05, 0) is 62.1 Å². The first-order chi connectivity index (χ1) is 14.3. The molecule has 1 heterocycles. The van der Waals surface area contributed by atoms with E-state index in [2.05, 4.69) is 28.4 Å². The van der Waals surface area contributed by atoms with E-state index in [9.17, 15) is 17.6 Å². The molecule has 6 nitrogen and oxygen atoms in total. The number of halogens is 1.